The van der Waals surface area contributed by atoms with Crippen LogP contribution in [0.3, 0.4) is 0 Å². The molecule has 1 aromatic heterocycles. The van der Waals surface area contributed by atoms with Crippen LogP contribution in [0.1, 0.15) is 17.5 Å². The summed E-state index contributed by atoms with van der Waals surface area (Å²) in [6.07, 6.45) is -0.206. The normalized spacial score (nSPS) is 18.2. The average Bonchev–Trinajstić information content (AvgIpc) is 3.17. The number of hydrogen-bond donors (Lipinski definition) is 1. The highest BCUT2D eigenvalue weighted by molar-refractivity contribution is 6.32. The highest BCUT2D eigenvalue weighted by atomic mass is 35.5. The molecule has 0 radical (unpaired) electrons. The minimum absolute atomic E-state index is 0.0893. The van der Waals surface area contributed by atoms with E-state index in [0.29, 0.717) is 16.5 Å². The van der Waals surface area contributed by atoms with Gasteiger partial charge in [0, 0.05) is 35.9 Å². The van der Waals surface area contributed by atoms with Crippen LogP contribution in [0.4, 0.5) is 8.78 Å². The van der Waals surface area contributed by atoms with Gasteiger partial charge < -0.3 is 14.5 Å². The molecule has 25 heavy (non-hydrogen) atoms. The van der Waals surface area contributed by atoms with Gasteiger partial charge in [-0.1, -0.05) is 11.6 Å². The molecule has 1 heterocycles. The summed E-state index contributed by atoms with van der Waals surface area (Å²) in [4.78, 5) is 23.4. The maximum Gasteiger partial charge on any atom is 0.339 e. The Morgan fingerprint density at radius 2 is 2.08 bits per heavy atom. The van der Waals surface area contributed by atoms with Gasteiger partial charge in [-0.3, -0.25) is 4.79 Å². The Hall–Kier alpha value is -2.15. The number of nitrogens with one attached hydrogen (secondary N) is 1. The Balaban J connectivity index is 1.69. The molecule has 3 rings (SSSR count). The van der Waals surface area contributed by atoms with Crippen molar-refractivity contribution in [2.24, 2.45) is 5.92 Å². The lowest BCUT2D eigenvalue weighted by atomic mass is 10.1. The van der Waals surface area contributed by atoms with Gasteiger partial charge in [0.05, 0.1) is 5.02 Å². The number of carbonyl (C=O) groups is 1. The highest BCUT2D eigenvalue weighted by Gasteiger charge is 2.56. The van der Waals surface area contributed by atoms with Crippen molar-refractivity contribution < 1.29 is 22.7 Å². The lowest BCUT2D eigenvalue weighted by Crippen LogP contribution is -2.31. The van der Waals surface area contributed by atoms with E-state index in [9.17, 15) is 18.4 Å². The van der Waals surface area contributed by atoms with E-state index in [-0.39, 0.29) is 30.3 Å². The SMILES string of the molecule is Cc1c(C)c2cc(Cl)c(OCC(=O)NCC3CC3(F)F)cc2oc1=O. The van der Waals surface area contributed by atoms with E-state index in [1.54, 1.807) is 19.9 Å². The molecule has 1 aromatic carbocycles. The molecule has 1 N–H and O–H groups in total. The molecular weight excluding hydrogens is 356 g/mol. The summed E-state index contributed by atoms with van der Waals surface area (Å²) in [6.45, 7) is 2.98. The van der Waals surface area contributed by atoms with Gasteiger partial charge >= 0.3 is 5.63 Å². The standard InChI is InChI=1S/C17H16ClF2NO4/c1-8-9(2)16(23)25-13-4-14(12(18)3-11(8)13)24-7-15(22)21-6-10-5-17(10,19)20/h3-4,10H,5-7H2,1-2H3,(H,21,22). The number of rotatable bonds is 5. The fraction of sp³-hybridized carbons (Fsp3) is 0.412. The number of aryl methyl sites for hydroxylation is 1. The van der Waals surface area contributed by atoms with Crippen molar-refractivity contribution in [3.63, 3.8) is 0 Å². The monoisotopic (exact) mass is 371 g/mol. The van der Waals surface area contributed by atoms with E-state index in [1.807, 2.05) is 0 Å². The minimum atomic E-state index is -2.68. The number of fused-ring (bicyclic) bond motifs is 1. The Morgan fingerprint density at radius 3 is 2.72 bits per heavy atom. The summed E-state index contributed by atoms with van der Waals surface area (Å²) in [5, 5.41) is 3.32. The molecule has 134 valence electrons. The van der Waals surface area contributed by atoms with Gasteiger partial charge in [0.25, 0.3) is 11.8 Å². The molecule has 0 spiro atoms. The van der Waals surface area contributed by atoms with E-state index in [0.717, 1.165) is 5.56 Å². The second-order valence-electron chi connectivity index (χ2n) is 6.17. The van der Waals surface area contributed by atoms with Crippen LogP contribution in [0.25, 0.3) is 11.0 Å². The number of benzene rings is 1. The van der Waals surface area contributed by atoms with Crippen molar-refractivity contribution in [3.8, 4) is 5.75 Å². The van der Waals surface area contributed by atoms with Crippen LogP contribution in [0.2, 0.25) is 5.02 Å². The molecule has 5 nitrogen and oxygen atoms in total. The van der Waals surface area contributed by atoms with Crippen molar-refractivity contribution in [1.29, 1.82) is 0 Å². The molecule has 1 unspecified atom stereocenters. The predicted octanol–water partition coefficient (Wildman–Crippen LogP) is 3.21. The zero-order valence-corrected chi connectivity index (χ0v) is 14.4. The summed E-state index contributed by atoms with van der Waals surface area (Å²) in [5.41, 5.74) is 1.09. The van der Waals surface area contributed by atoms with Gasteiger partial charge in [-0.2, -0.15) is 0 Å². The third-order valence-corrected chi connectivity index (χ3v) is 4.66. The molecule has 1 atom stereocenters. The second kappa shape index (κ2) is 6.29. The summed E-state index contributed by atoms with van der Waals surface area (Å²) in [6, 6.07) is 3.04. The Kier molecular flexibility index (Phi) is 4.45. The number of hydrogen-bond acceptors (Lipinski definition) is 4. The van der Waals surface area contributed by atoms with Crippen LogP contribution in [-0.4, -0.2) is 25.0 Å². The molecule has 0 aliphatic heterocycles. The van der Waals surface area contributed by atoms with Gasteiger partial charge in [-0.05, 0) is 25.5 Å². The molecule has 1 saturated carbocycles. The van der Waals surface area contributed by atoms with E-state index in [2.05, 4.69) is 5.32 Å². The molecule has 8 heteroatoms. The van der Waals surface area contributed by atoms with E-state index in [4.69, 9.17) is 20.8 Å². The summed E-state index contributed by atoms with van der Waals surface area (Å²) < 4.78 is 36.0. The van der Waals surface area contributed by atoms with Crippen LogP contribution in [0, 0.1) is 19.8 Å². The number of amides is 1. The molecule has 1 amide bonds. The summed E-state index contributed by atoms with van der Waals surface area (Å²) in [7, 11) is 0. The Bertz CT molecular complexity index is 910. The molecule has 0 bridgehead atoms. The average molecular weight is 372 g/mol. The first-order chi connectivity index (χ1) is 11.7. The topological polar surface area (TPSA) is 68.5 Å². The number of halogens is 3. The number of ether oxygens (including phenoxy) is 1. The van der Waals surface area contributed by atoms with Crippen LogP contribution in [0.5, 0.6) is 5.75 Å². The van der Waals surface area contributed by atoms with Crippen LogP contribution in [-0.2, 0) is 4.79 Å². The zero-order chi connectivity index (χ0) is 18.4. The highest BCUT2D eigenvalue weighted by Crippen LogP contribution is 2.47. The molecule has 2 aromatic rings. The first-order valence-electron chi connectivity index (χ1n) is 7.70. The second-order valence-corrected chi connectivity index (χ2v) is 6.58. The maximum atomic E-state index is 12.8. The zero-order valence-electron chi connectivity index (χ0n) is 13.6. The predicted molar refractivity (Wildman–Crippen MR) is 88.5 cm³/mol. The third-order valence-electron chi connectivity index (χ3n) is 4.37. The first kappa shape index (κ1) is 17.7. The number of alkyl halides is 2. The molecule has 1 aliphatic rings. The third kappa shape index (κ3) is 3.61. The van der Waals surface area contributed by atoms with Crippen LogP contribution >= 0.6 is 11.6 Å². The fourth-order valence-corrected chi connectivity index (χ4v) is 2.70. The van der Waals surface area contributed by atoms with Crippen molar-refractivity contribution in [1.82, 2.24) is 5.32 Å². The summed E-state index contributed by atoms with van der Waals surface area (Å²) in [5.74, 6) is -3.84. The van der Waals surface area contributed by atoms with Gasteiger partial charge in [-0.25, -0.2) is 13.6 Å². The van der Waals surface area contributed by atoms with Gasteiger partial charge in [0.15, 0.2) is 6.61 Å². The van der Waals surface area contributed by atoms with Crippen molar-refractivity contribution in [3.05, 3.63) is 38.7 Å². The fourth-order valence-electron chi connectivity index (χ4n) is 2.48. The van der Waals surface area contributed by atoms with Crippen LogP contribution in [0.15, 0.2) is 21.3 Å². The van der Waals surface area contributed by atoms with Crippen molar-refractivity contribution >= 4 is 28.5 Å². The van der Waals surface area contributed by atoms with Crippen molar-refractivity contribution in [2.75, 3.05) is 13.2 Å². The quantitative estimate of drug-likeness (QED) is 0.819. The van der Waals surface area contributed by atoms with Gasteiger partial charge in [-0.15, -0.1) is 0 Å². The van der Waals surface area contributed by atoms with Crippen LogP contribution < -0.4 is 15.7 Å². The molecule has 1 fully saturated rings. The van der Waals surface area contributed by atoms with E-state index >= 15 is 0 Å². The lowest BCUT2D eigenvalue weighted by Gasteiger charge is -2.11. The summed E-state index contributed by atoms with van der Waals surface area (Å²) >= 11 is 6.15. The largest absolute Gasteiger partial charge is 0.482 e. The molecule has 0 saturated heterocycles. The minimum Gasteiger partial charge on any atom is -0.482 e. The van der Waals surface area contributed by atoms with E-state index in [1.165, 1.54) is 6.07 Å². The molecule has 1 aliphatic carbocycles. The lowest BCUT2D eigenvalue weighted by molar-refractivity contribution is -0.123. The Labute approximate surface area is 146 Å². The number of carbonyl (C=O) groups excluding carboxylic acids is 1. The maximum absolute atomic E-state index is 12.8. The van der Waals surface area contributed by atoms with E-state index < -0.39 is 23.4 Å². The van der Waals surface area contributed by atoms with Crippen molar-refractivity contribution in [2.45, 2.75) is 26.2 Å². The Morgan fingerprint density at radius 1 is 1.40 bits per heavy atom. The molecular formula is C17H16ClF2NO4. The van der Waals surface area contributed by atoms with Gasteiger partial charge in [0.2, 0.25) is 0 Å². The first-order valence-corrected chi connectivity index (χ1v) is 8.07. The van der Waals surface area contributed by atoms with Gasteiger partial charge in [0.1, 0.15) is 11.3 Å². The smallest absolute Gasteiger partial charge is 0.339 e.